The van der Waals surface area contributed by atoms with Gasteiger partial charge in [-0.1, -0.05) is 176 Å². The number of benzene rings is 8. The van der Waals surface area contributed by atoms with E-state index in [-0.39, 0.29) is 0 Å². The summed E-state index contributed by atoms with van der Waals surface area (Å²) in [4.78, 5) is 15.5. The van der Waals surface area contributed by atoms with E-state index < -0.39 is 0 Å². The number of para-hydroxylation sites is 2. The quantitative estimate of drug-likeness (QED) is 0.166. The molecule has 0 fully saturated rings. The predicted molar refractivity (Wildman–Crippen MR) is 227 cm³/mol. The zero-order valence-electron chi connectivity index (χ0n) is 29.9. The lowest BCUT2D eigenvalue weighted by Crippen LogP contribution is -2.04. The minimum atomic E-state index is 0.611. The van der Waals surface area contributed by atoms with Crippen molar-refractivity contribution in [2.45, 2.75) is 0 Å². The van der Waals surface area contributed by atoms with E-state index in [9.17, 15) is 0 Å². The van der Waals surface area contributed by atoms with Crippen LogP contribution in [0.2, 0.25) is 0 Å². The minimum Gasteiger partial charge on any atom is -0.308 e. The number of fused-ring (bicyclic) bond motifs is 3. The summed E-state index contributed by atoms with van der Waals surface area (Å²) in [5.74, 6) is 1.86. The Bertz CT molecular complexity index is 2900. The fourth-order valence-electron chi connectivity index (χ4n) is 7.56. The summed E-state index contributed by atoms with van der Waals surface area (Å²) < 4.78 is 2.36. The van der Waals surface area contributed by atoms with Gasteiger partial charge in [0, 0.05) is 27.5 Å². The Kier molecular flexibility index (Phi) is 8.12. The molecule has 0 N–H and O–H groups in total. The first-order valence-corrected chi connectivity index (χ1v) is 18.5. The number of rotatable bonds is 7. The van der Waals surface area contributed by atoms with Crippen molar-refractivity contribution in [3.05, 3.63) is 206 Å². The maximum Gasteiger partial charge on any atom is 0.166 e. The van der Waals surface area contributed by atoms with Crippen LogP contribution in [0.5, 0.6) is 0 Å². The van der Waals surface area contributed by atoms with Gasteiger partial charge in [0.05, 0.1) is 16.7 Å². The van der Waals surface area contributed by atoms with Crippen molar-refractivity contribution in [3.8, 4) is 73.2 Å². The fraction of sp³-hybridized carbons (Fsp3) is 0. The van der Waals surface area contributed by atoms with E-state index >= 15 is 0 Å². The number of nitrogens with zero attached hydrogens (tertiary/aromatic N) is 4. The smallest absolute Gasteiger partial charge is 0.166 e. The van der Waals surface area contributed by atoms with Gasteiger partial charge in [-0.2, -0.15) is 0 Å². The third-order valence-electron chi connectivity index (χ3n) is 10.3. The van der Waals surface area contributed by atoms with E-state index in [0.717, 1.165) is 55.7 Å². The highest BCUT2D eigenvalue weighted by Crippen LogP contribution is 2.38. The molecular formula is C51H34N4. The third-order valence-corrected chi connectivity index (χ3v) is 10.3. The van der Waals surface area contributed by atoms with E-state index in [1.54, 1.807) is 0 Å². The van der Waals surface area contributed by atoms with E-state index in [4.69, 9.17) is 15.0 Å². The lowest BCUT2D eigenvalue weighted by Gasteiger charge is -2.16. The van der Waals surface area contributed by atoms with Crippen molar-refractivity contribution in [1.29, 1.82) is 0 Å². The zero-order chi connectivity index (χ0) is 36.6. The van der Waals surface area contributed by atoms with Crippen molar-refractivity contribution in [3.63, 3.8) is 0 Å². The van der Waals surface area contributed by atoms with Crippen LogP contribution >= 0.6 is 0 Å². The van der Waals surface area contributed by atoms with Crippen LogP contribution in [0.25, 0.3) is 95.0 Å². The van der Waals surface area contributed by atoms with Gasteiger partial charge in [-0.15, -0.1) is 0 Å². The molecule has 0 unspecified atom stereocenters. The predicted octanol–water partition coefficient (Wildman–Crippen LogP) is 13.0. The second-order valence-corrected chi connectivity index (χ2v) is 13.7. The average Bonchev–Trinajstić information content (AvgIpc) is 3.61. The molecule has 0 radical (unpaired) electrons. The molecule has 0 aliphatic carbocycles. The van der Waals surface area contributed by atoms with Gasteiger partial charge in [0.1, 0.15) is 0 Å². The Morgan fingerprint density at radius 1 is 0.273 bits per heavy atom. The Labute approximate surface area is 319 Å². The van der Waals surface area contributed by atoms with E-state index in [2.05, 4.69) is 187 Å². The largest absolute Gasteiger partial charge is 0.308 e. The molecule has 0 bridgehead atoms. The summed E-state index contributed by atoms with van der Waals surface area (Å²) in [7, 11) is 0. The maximum atomic E-state index is 5.25. The molecule has 0 amide bonds. The molecule has 0 aliphatic heterocycles. The van der Waals surface area contributed by atoms with Crippen LogP contribution in [0.1, 0.15) is 0 Å². The zero-order valence-corrected chi connectivity index (χ0v) is 29.9. The molecule has 10 aromatic rings. The monoisotopic (exact) mass is 702 g/mol. The number of aromatic nitrogens is 4. The van der Waals surface area contributed by atoms with Crippen LogP contribution in [0.15, 0.2) is 206 Å². The second-order valence-electron chi connectivity index (χ2n) is 13.7. The molecule has 2 heterocycles. The first-order chi connectivity index (χ1) is 27.3. The van der Waals surface area contributed by atoms with Crippen LogP contribution < -0.4 is 0 Å². The average molecular weight is 703 g/mol. The summed E-state index contributed by atoms with van der Waals surface area (Å²) in [6, 6.07) is 72.2. The van der Waals surface area contributed by atoms with Crippen molar-refractivity contribution in [2.75, 3.05) is 0 Å². The van der Waals surface area contributed by atoms with Crippen LogP contribution in [0, 0.1) is 0 Å². The van der Waals surface area contributed by atoms with E-state index in [1.807, 2.05) is 24.3 Å². The Balaban J connectivity index is 1.15. The normalized spacial score (nSPS) is 11.3. The lowest BCUT2D eigenvalue weighted by molar-refractivity contribution is 1.06. The first-order valence-electron chi connectivity index (χ1n) is 18.5. The number of hydrogen-bond donors (Lipinski definition) is 0. The van der Waals surface area contributed by atoms with Crippen molar-refractivity contribution in [2.24, 2.45) is 0 Å². The third kappa shape index (κ3) is 6.06. The molecular weight excluding hydrogens is 669 g/mol. The highest BCUT2D eigenvalue weighted by molar-refractivity contribution is 6.09. The van der Waals surface area contributed by atoms with Gasteiger partial charge in [0.2, 0.25) is 0 Å². The van der Waals surface area contributed by atoms with Crippen LogP contribution in [-0.4, -0.2) is 19.5 Å². The first kappa shape index (κ1) is 32.2. The summed E-state index contributed by atoms with van der Waals surface area (Å²) in [6.07, 6.45) is 0. The van der Waals surface area contributed by atoms with Crippen molar-refractivity contribution >= 4 is 21.8 Å². The maximum absolute atomic E-state index is 5.25. The standard InChI is InChI=1S/C51H34N4/c1-4-15-35(16-5-1)40-21-14-22-41(33-40)37-27-29-39(30-28-37)50-52-49(38-19-8-3-9-20-38)53-51(54-50)45-32-31-42(36-17-6-2-7-18-36)34-48(45)55-46-25-12-10-23-43(46)44-24-11-13-26-47(44)55/h1-34H. The molecule has 258 valence electrons. The van der Waals surface area contributed by atoms with Gasteiger partial charge in [-0.05, 0) is 63.7 Å². The molecule has 55 heavy (non-hydrogen) atoms. The molecule has 0 atom stereocenters. The molecule has 0 spiro atoms. The van der Waals surface area contributed by atoms with Crippen molar-refractivity contribution in [1.82, 2.24) is 19.5 Å². The van der Waals surface area contributed by atoms with E-state index in [0.29, 0.717) is 17.5 Å². The second kappa shape index (κ2) is 13.8. The summed E-state index contributed by atoms with van der Waals surface area (Å²) in [5, 5.41) is 2.40. The van der Waals surface area contributed by atoms with Crippen LogP contribution in [0.4, 0.5) is 0 Å². The summed E-state index contributed by atoms with van der Waals surface area (Å²) >= 11 is 0. The highest BCUT2D eigenvalue weighted by Gasteiger charge is 2.20. The molecule has 0 aliphatic rings. The minimum absolute atomic E-state index is 0.611. The van der Waals surface area contributed by atoms with Gasteiger partial charge >= 0.3 is 0 Å². The Morgan fingerprint density at radius 2 is 0.655 bits per heavy atom. The molecule has 10 rings (SSSR count). The summed E-state index contributed by atoms with van der Waals surface area (Å²) in [6.45, 7) is 0. The van der Waals surface area contributed by atoms with Gasteiger partial charge in [0.15, 0.2) is 17.5 Å². The van der Waals surface area contributed by atoms with Crippen LogP contribution in [0.3, 0.4) is 0 Å². The highest BCUT2D eigenvalue weighted by atomic mass is 15.1. The molecule has 0 saturated carbocycles. The van der Waals surface area contributed by atoms with Crippen LogP contribution in [-0.2, 0) is 0 Å². The lowest BCUT2D eigenvalue weighted by atomic mass is 9.98. The summed E-state index contributed by atoms with van der Waals surface area (Å²) in [5.41, 5.74) is 13.0. The molecule has 4 nitrogen and oxygen atoms in total. The Hall–Kier alpha value is -7.43. The fourth-order valence-corrected chi connectivity index (χ4v) is 7.56. The van der Waals surface area contributed by atoms with Gasteiger partial charge in [-0.25, -0.2) is 15.0 Å². The molecule has 8 aromatic carbocycles. The van der Waals surface area contributed by atoms with Gasteiger partial charge < -0.3 is 4.57 Å². The van der Waals surface area contributed by atoms with Gasteiger partial charge in [0.25, 0.3) is 0 Å². The molecule has 0 saturated heterocycles. The van der Waals surface area contributed by atoms with Gasteiger partial charge in [-0.3, -0.25) is 0 Å². The molecule has 2 aromatic heterocycles. The topological polar surface area (TPSA) is 43.6 Å². The Morgan fingerprint density at radius 3 is 1.22 bits per heavy atom. The van der Waals surface area contributed by atoms with E-state index in [1.165, 1.54) is 21.9 Å². The van der Waals surface area contributed by atoms with Crippen molar-refractivity contribution < 1.29 is 0 Å². The molecule has 4 heteroatoms. The number of hydrogen-bond acceptors (Lipinski definition) is 3. The SMILES string of the molecule is c1ccc(-c2cccc(-c3ccc(-c4nc(-c5ccccc5)nc(-c5ccc(-c6ccccc6)cc5-n5c6ccccc6c6ccccc65)n4)cc3)c2)cc1.